The second-order valence-corrected chi connectivity index (χ2v) is 28.1. The normalized spacial score (nSPS) is 21.0. The molecule has 0 aliphatic carbocycles. The average molecular weight is 519 g/mol. The first-order valence-corrected chi connectivity index (χ1v) is 22.1. The maximum absolute atomic E-state index is 10.8. The van der Waals surface area contributed by atoms with Crippen molar-refractivity contribution in [1.82, 2.24) is 0 Å². The summed E-state index contributed by atoms with van der Waals surface area (Å²) in [6, 6.07) is 0. The van der Waals surface area contributed by atoms with E-state index in [0.29, 0.717) is 6.61 Å². The van der Waals surface area contributed by atoms with Gasteiger partial charge in [0, 0.05) is 0 Å². The molecule has 28 heavy (non-hydrogen) atoms. The fourth-order valence-corrected chi connectivity index (χ4v) is 20.5. The molecule has 1 N–H and O–H groups in total. The van der Waals surface area contributed by atoms with Crippen LogP contribution >= 0.6 is 0 Å². The van der Waals surface area contributed by atoms with Crippen LogP contribution in [0.4, 0.5) is 0 Å². The van der Waals surface area contributed by atoms with E-state index in [1.165, 1.54) is 55.6 Å². The van der Waals surface area contributed by atoms with Crippen molar-refractivity contribution in [3.63, 3.8) is 0 Å². The minimum absolute atomic E-state index is 0.180. The monoisotopic (exact) mass is 520 g/mol. The molecule has 0 aromatic heterocycles. The van der Waals surface area contributed by atoms with Gasteiger partial charge in [-0.25, -0.2) is 0 Å². The van der Waals surface area contributed by atoms with E-state index in [4.69, 9.17) is 9.16 Å². The van der Waals surface area contributed by atoms with Crippen LogP contribution in [0.3, 0.4) is 0 Å². The third kappa shape index (κ3) is 7.31. The topological polar surface area (TPSA) is 38.7 Å². The molecule has 0 spiro atoms. The van der Waals surface area contributed by atoms with Crippen LogP contribution in [0, 0.1) is 0 Å². The molecule has 1 aliphatic heterocycles. The summed E-state index contributed by atoms with van der Waals surface area (Å²) in [5.41, 5.74) is 0. The second kappa shape index (κ2) is 11.8. The van der Waals surface area contributed by atoms with E-state index in [1.54, 1.807) is 0 Å². The molecule has 1 rings (SSSR count). The molecule has 5 heteroatoms. The molecule has 0 radical (unpaired) electrons. The van der Waals surface area contributed by atoms with Crippen molar-refractivity contribution in [2.24, 2.45) is 0 Å². The van der Waals surface area contributed by atoms with E-state index in [9.17, 15) is 5.11 Å². The fraction of sp³-hybridized carbons (Fsp3) is 0.913. The van der Waals surface area contributed by atoms with Crippen LogP contribution in [-0.4, -0.2) is 50.6 Å². The molecule has 1 aliphatic rings. The molecule has 0 unspecified atom stereocenters. The third-order valence-electron chi connectivity index (χ3n) is 6.95. The van der Waals surface area contributed by atoms with Gasteiger partial charge in [-0.2, -0.15) is 0 Å². The number of rotatable bonds is 13. The Hall–Kier alpha value is 0.476. The molecule has 0 amide bonds. The molecule has 1 heterocycles. The fourth-order valence-electron chi connectivity index (χ4n) is 3.77. The number of unbranched alkanes of at least 4 members (excludes halogenated alkanes) is 3. The van der Waals surface area contributed by atoms with Crippen molar-refractivity contribution < 1.29 is 14.3 Å². The van der Waals surface area contributed by atoms with Gasteiger partial charge in [0.1, 0.15) is 0 Å². The van der Waals surface area contributed by atoms with Crippen LogP contribution < -0.4 is 0 Å². The molecule has 0 bridgehead atoms. The Kier molecular flexibility index (Phi) is 11.1. The second-order valence-electron chi connectivity index (χ2n) is 10.3. The number of ether oxygens (including phenoxy) is 1. The van der Waals surface area contributed by atoms with E-state index in [1.807, 2.05) is 0 Å². The van der Waals surface area contributed by atoms with E-state index >= 15 is 0 Å². The zero-order valence-corrected chi connectivity index (χ0v) is 23.9. The summed E-state index contributed by atoms with van der Waals surface area (Å²) < 4.78 is 18.3. The van der Waals surface area contributed by atoms with Crippen molar-refractivity contribution >= 4 is 26.7 Å². The summed E-state index contributed by atoms with van der Waals surface area (Å²) in [4.78, 5) is 0. The average Bonchev–Trinajstić information content (AvgIpc) is 3.00. The number of aliphatic hydroxyl groups excluding tert-OH is 1. The van der Waals surface area contributed by atoms with Gasteiger partial charge in [0.15, 0.2) is 0 Å². The Morgan fingerprint density at radius 2 is 1.46 bits per heavy atom. The zero-order chi connectivity index (χ0) is 21.4. The van der Waals surface area contributed by atoms with Crippen LogP contribution in [0.1, 0.15) is 80.1 Å². The van der Waals surface area contributed by atoms with Crippen LogP contribution in [0.25, 0.3) is 0 Å². The molecule has 0 saturated heterocycles. The van der Waals surface area contributed by atoms with Crippen molar-refractivity contribution in [3.8, 4) is 0 Å². The standard InChI is InChI=1S/C11H21O3Si.3C4H9.Sn/c1-11(2,3)15(4,5)14-8-10-9(12)6-7-13-10;3*1-3-4-2;/h6,9-10,12H,8H2,1-5H3;3*1,3-4H2,2H3;/t9-,10+;;;;/m1..../s1. The predicted molar refractivity (Wildman–Crippen MR) is 127 cm³/mol. The van der Waals surface area contributed by atoms with Crippen LogP contribution in [0.15, 0.2) is 9.85 Å². The molecule has 0 aromatic carbocycles. The van der Waals surface area contributed by atoms with Gasteiger partial charge >= 0.3 is 181 Å². The Bertz CT molecular complexity index is 463. The number of hydrogen-bond acceptors (Lipinski definition) is 3. The molecule has 0 saturated carbocycles. The summed E-state index contributed by atoms with van der Waals surface area (Å²) >= 11 is -2.60. The Balaban J connectivity index is 2.92. The molecular weight excluding hydrogens is 471 g/mol. The molecule has 0 aromatic rings. The van der Waals surface area contributed by atoms with Gasteiger partial charge in [0.2, 0.25) is 0 Å². The maximum atomic E-state index is 10.8. The minimum atomic E-state index is -2.60. The summed E-state index contributed by atoms with van der Waals surface area (Å²) in [5, 5.41) is 10.9. The molecule has 166 valence electrons. The zero-order valence-electron chi connectivity index (χ0n) is 20.1. The van der Waals surface area contributed by atoms with Crippen molar-refractivity contribution in [2.45, 2.75) is 124 Å². The Morgan fingerprint density at radius 1 is 1.00 bits per heavy atom. The van der Waals surface area contributed by atoms with Crippen molar-refractivity contribution in [2.75, 3.05) is 6.61 Å². The quantitative estimate of drug-likeness (QED) is 0.265. The van der Waals surface area contributed by atoms with Gasteiger partial charge < -0.3 is 0 Å². The Labute approximate surface area is 180 Å². The van der Waals surface area contributed by atoms with E-state index in [2.05, 4.69) is 60.7 Å². The van der Waals surface area contributed by atoms with Gasteiger partial charge in [-0.15, -0.1) is 0 Å². The summed E-state index contributed by atoms with van der Waals surface area (Å²) in [5.74, 6) is 0. The number of aliphatic hydroxyl groups is 1. The van der Waals surface area contributed by atoms with Gasteiger partial charge in [0.25, 0.3) is 0 Å². The Morgan fingerprint density at radius 3 is 1.86 bits per heavy atom. The van der Waals surface area contributed by atoms with E-state index in [-0.39, 0.29) is 11.1 Å². The predicted octanol–water partition coefficient (Wildman–Crippen LogP) is 7.04. The molecule has 3 nitrogen and oxygen atoms in total. The van der Waals surface area contributed by atoms with Crippen LogP contribution in [0.2, 0.25) is 31.4 Å². The van der Waals surface area contributed by atoms with Gasteiger partial charge in [-0.1, -0.05) is 0 Å². The first-order chi connectivity index (χ1) is 13.0. The van der Waals surface area contributed by atoms with Gasteiger partial charge in [-0.05, 0) is 0 Å². The number of hydrogen-bond donors (Lipinski definition) is 1. The molecular formula is C23H48O3SiSn. The van der Waals surface area contributed by atoms with E-state index in [0.717, 1.165) is 0 Å². The molecule has 2 atom stereocenters. The summed E-state index contributed by atoms with van der Waals surface area (Å²) in [6.07, 6.45) is 9.10. The van der Waals surface area contributed by atoms with Gasteiger partial charge in [-0.3, -0.25) is 0 Å². The van der Waals surface area contributed by atoms with Crippen molar-refractivity contribution in [3.05, 3.63) is 9.85 Å². The summed E-state index contributed by atoms with van der Waals surface area (Å²) in [7, 11) is -1.83. The van der Waals surface area contributed by atoms with Crippen LogP contribution in [0.5, 0.6) is 0 Å². The third-order valence-corrected chi connectivity index (χ3v) is 26.5. The summed E-state index contributed by atoms with van der Waals surface area (Å²) in [6.45, 7) is 18.7. The first kappa shape index (κ1) is 26.5. The molecule has 0 fully saturated rings. The van der Waals surface area contributed by atoms with Crippen molar-refractivity contribution in [1.29, 1.82) is 0 Å². The van der Waals surface area contributed by atoms with Crippen LogP contribution in [-0.2, 0) is 9.16 Å². The van der Waals surface area contributed by atoms with Gasteiger partial charge in [0.05, 0.1) is 0 Å². The van der Waals surface area contributed by atoms with E-state index < -0.39 is 32.8 Å². The SMILES string of the molecule is CCC[CH2][Sn]([CH2]CCC)([CH2]CCC)[C]1=C[C@@H](O)[C@H](CO[Si](C)(C)C(C)(C)C)O1. The first-order valence-electron chi connectivity index (χ1n) is 11.7.